The minimum Gasteiger partial charge on any atom is -0.0955 e. The van der Waals surface area contributed by atoms with Gasteiger partial charge in [-0.25, -0.2) is 0 Å². The van der Waals surface area contributed by atoms with E-state index in [0.717, 1.165) is 5.92 Å². The van der Waals surface area contributed by atoms with E-state index in [1.807, 2.05) is 0 Å². The van der Waals surface area contributed by atoms with Gasteiger partial charge in [0.25, 0.3) is 0 Å². The van der Waals surface area contributed by atoms with Gasteiger partial charge in [-0.1, -0.05) is 31.2 Å². The van der Waals surface area contributed by atoms with E-state index < -0.39 is 0 Å². The molecule has 0 spiro atoms. The summed E-state index contributed by atoms with van der Waals surface area (Å²) in [5.74, 6) is 0.759. The third-order valence-corrected chi connectivity index (χ3v) is 1.77. The predicted octanol–water partition coefficient (Wildman–Crippen LogP) is 2.53. The Morgan fingerprint density at radius 2 is 2.62 bits per heavy atom. The summed E-state index contributed by atoms with van der Waals surface area (Å²) in [6.07, 6.45) is 6.80. The quantitative estimate of drug-likeness (QED) is 0.484. The van der Waals surface area contributed by atoms with E-state index in [1.165, 1.54) is 18.4 Å². The largest absolute Gasteiger partial charge is 0.0955 e. The summed E-state index contributed by atoms with van der Waals surface area (Å²) >= 11 is 0. The Balaban J connectivity index is 2.51. The van der Waals surface area contributed by atoms with Crippen LogP contribution in [0.3, 0.4) is 0 Å². The first-order chi connectivity index (χ1) is 3.84. The number of hydrogen-bond acceptors (Lipinski definition) is 0. The highest BCUT2D eigenvalue weighted by Crippen LogP contribution is 2.24. The lowest BCUT2D eigenvalue weighted by Gasteiger charge is -2.04. The molecule has 8 heavy (non-hydrogen) atoms. The van der Waals surface area contributed by atoms with E-state index in [4.69, 9.17) is 0 Å². The van der Waals surface area contributed by atoms with Gasteiger partial charge in [0.15, 0.2) is 0 Å². The van der Waals surface area contributed by atoms with Crippen LogP contribution in [0.4, 0.5) is 0 Å². The molecule has 44 valence electrons. The van der Waals surface area contributed by atoms with Crippen LogP contribution in [0.5, 0.6) is 0 Å². The first kappa shape index (κ1) is 5.61. The lowest BCUT2D eigenvalue weighted by Crippen LogP contribution is -1.91. The predicted molar refractivity (Wildman–Crippen MR) is 36.7 cm³/mol. The molecule has 0 radical (unpaired) electrons. The van der Waals surface area contributed by atoms with E-state index in [0.29, 0.717) is 0 Å². The van der Waals surface area contributed by atoms with Crippen LogP contribution < -0.4 is 0 Å². The summed E-state index contributed by atoms with van der Waals surface area (Å²) in [6.45, 7) is 6.13. The highest BCUT2D eigenvalue weighted by molar-refractivity contribution is 5.24. The van der Waals surface area contributed by atoms with Crippen LogP contribution >= 0.6 is 0 Å². The molecule has 0 aromatic rings. The summed E-state index contributed by atoms with van der Waals surface area (Å²) in [6, 6.07) is 0. The summed E-state index contributed by atoms with van der Waals surface area (Å²) < 4.78 is 0. The maximum Gasteiger partial charge on any atom is -0.0136 e. The first-order valence-electron chi connectivity index (χ1n) is 3.20. The monoisotopic (exact) mass is 108 g/mol. The molecule has 0 N–H and O–H groups in total. The molecule has 0 heterocycles. The van der Waals surface area contributed by atoms with Crippen molar-refractivity contribution < 1.29 is 0 Å². The molecule has 1 aliphatic rings. The SMILES string of the molecule is C=C1C=CCC1CC. The van der Waals surface area contributed by atoms with Crippen molar-refractivity contribution in [1.29, 1.82) is 0 Å². The van der Waals surface area contributed by atoms with Crippen LogP contribution in [0.2, 0.25) is 0 Å². The fourth-order valence-electron chi connectivity index (χ4n) is 1.10. The molecule has 0 aromatic carbocycles. The Kier molecular flexibility index (Phi) is 1.52. The zero-order valence-corrected chi connectivity index (χ0v) is 5.35. The fraction of sp³-hybridized carbons (Fsp3) is 0.500. The lowest BCUT2D eigenvalue weighted by molar-refractivity contribution is 0.636. The molecule has 0 saturated heterocycles. The van der Waals surface area contributed by atoms with Crippen molar-refractivity contribution in [3.8, 4) is 0 Å². The van der Waals surface area contributed by atoms with Crippen LogP contribution in [-0.4, -0.2) is 0 Å². The third kappa shape index (κ3) is 0.835. The minimum atomic E-state index is 0.759. The average Bonchev–Trinajstić information content (AvgIpc) is 2.14. The summed E-state index contributed by atoms with van der Waals surface area (Å²) in [4.78, 5) is 0. The minimum absolute atomic E-state index is 0.759. The van der Waals surface area contributed by atoms with Gasteiger partial charge in [-0.15, -0.1) is 0 Å². The van der Waals surface area contributed by atoms with Crippen LogP contribution in [0.25, 0.3) is 0 Å². The Labute approximate surface area is 50.9 Å². The Hall–Kier alpha value is -0.520. The second-order valence-electron chi connectivity index (χ2n) is 2.32. The topological polar surface area (TPSA) is 0 Å². The molecular formula is C8H12. The van der Waals surface area contributed by atoms with E-state index in [1.54, 1.807) is 0 Å². The third-order valence-electron chi connectivity index (χ3n) is 1.77. The van der Waals surface area contributed by atoms with Crippen LogP contribution in [-0.2, 0) is 0 Å². The zero-order valence-electron chi connectivity index (χ0n) is 5.35. The molecule has 0 bridgehead atoms. The molecule has 0 amide bonds. The van der Waals surface area contributed by atoms with E-state index >= 15 is 0 Å². The van der Waals surface area contributed by atoms with Crippen molar-refractivity contribution >= 4 is 0 Å². The molecule has 0 nitrogen and oxygen atoms in total. The molecule has 0 saturated carbocycles. The maximum atomic E-state index is 3.92. The standard InChI is InChI=1S/C8H12/c1-3-8-6-4-5-7(8)2/h4-5,8H,2-3,6H2,1H3. The molecule has 1 unspecified atom stereocenters. The van der Waals surface area contributed by atoms with Gasteiger partial charge in [0.05, 0.1) is 0 Å². The second-order valence-corrected chi connectivity index (χ2v) is 2.32. The van der Waals surface area contributed by atoms with Gasteiger partial charge in [-0.05, 0) is 18.8 Å². The van der Waals surface area contributed by atoms with Crippen LogP contribution in [0.15, 0.2) is 24.3 Å². The highest BCUT2D eigenvalue weighted by atomic mass is 14.1. The van der Waals surface area contributed by atoms with Crippen molar-refractivity contribution in [1.82, 2.24) is 0 Å². The van der Waals surface area contributed by atoms with E-state index in [9.17, 15) is 0 Å². The molecular weight excluding hydrogens is 96.1 g/mol. The number of rotatable bonds is 1. The van der Waals surface area contributed by atoms with Crippen molar-refractivity contribution in [2.24, 2.45) is 5.92 Å². The molecule has 1 rings (SSSR count). The van der Waals surface area contributed by atoms with Crippen molar-refractivity contribution in [2.75, 3.05) is 0 Å². The normalized spacial score (nSPS) is 27.1. The van der Waals surface area contributed by atoms with Crippen molar-refractivity contribution in [3.05, 3.63) is 24.3 Å². The van der Waals surface area contributed by atoms with Gasteiger partial charge in [0.2, 0.25) is 0 Å². The first-order valence-corrected chi connectivity index (χ1v) is 3.20. The molecule has 0 aromatic heterocycles. The molecule has 0 heteroatoms. The molecule has 1 atom stereocenters. The second kappa shape index (κ2) is 2.17. The van der Waals surface area contributed by atoms with Gasteiger partial charge in [0, 0.05) is 0 Å². The van der Waals surface area contributed by atoms with Gasteiger partial charge in [-0.3, -0.25) is 0 Å². The average molecular weight is 108 g/mol. The number of hydrogen-bond donors (Lipinski definition) is 0. The van der Waals surface area contributed by atoms with Crippen molar-refractivity contribution in [2.45, 2.75) is 19.8 Å². The van der Waals surface area contributed by atoms with Gasteiger partial charge < -0.3 is 0 Å². The molecule has 0 aliphatic heterocycles. The van der Waals surface area contributed by atoms with Crippen molar-refractivity contribution in [3.63, 3.8) is 0 Å². The van der Waals surface area contributed by atoms with E-state index in [-0.39, 0.29) is 0 Å². The van der Waals surface area contributed by atoms with Crippen LogP contribution in [0.1, 0.15) is 19.8 Å². The Morgan fingerprint density at radius 1 is 1.88 bits per heavy atom. The Morgan fingerprint density at radius 3 is 2.88 bits per heavy atom. The highest BCUT2D eigenvalue weighted by Gasteiger charge is 2.10. The smallest absolute Gasteiger partial charge is 0.0136 e. The summed E-state index contributed by atoms with van der Waals surface area (Å²) in [5.41, 5.74) is 1.31. The van der Waals surface area contributed by atoms with Gasteiger partial charge in [-0.2, -0.15) is 0 Å². The zero-order chi connectivity index (χ0) is 5.98. The maximum absolute atomic E-state index is 3.92. The summed E-state index contributed by atoms with van der Waals surface area (Å²) in [5, 5.41) is 0. The number of allylic oxidation sites excluding steroid dienone is 3. The van der Waals surface area contributed by atoms with Gasteiger partial charge in [0.1, 0.15) is 0 Å². The molecule has 0 fully saturated rings. The van der Waals surface area contributed by atoms with Gasteiger partial charge >= 0.3 is 0 Å². The molecule has 1 aliphatic carbocycles. The lowest BCUT2D eigenvalue weighted by atomic mass is 10.0. The fourth-order valence-corrected chi connectivity index (χ4v) is 1.10. The summed E-state index contributed by atoms with van der Waals surface area (Å²) in [7, 11) is 0. The van der Waals surface area contributed by atoms with E-state index in [2.05, 4.69) is 25.7 Å². The Bertz CT molecular complexity index is 120. The van der Waals surface area contributed by atoms with Crippen LogP contribution in [0, 0.1) is 5.92 Å².